The number of likely N-dealkylation sites (tertiary alicyclic amines) is 1. The third-order valence-electron chi connectivity index (χ3n) is 6.53. The van der Waals surface area contributed by atoms with Crippen molar-refractivity contribution in [2.75, 3.05) is 13.1 Å². The fraction of sp³-hybridized carbons (Fsp3) is 0.500. The summed E-state index contributed by atoms with van der Waals surface area (Å²) in [5, 5.41) is 13.4. The molecule has 160 valence electrons. The van der Waals surface area contributed by atoms with Gasteiger partial charge in [-0.25, -0.2) is 5.48 Å². The van der Waals surface area contributed by atoms with Gasteiger partial charge in [0.1, 0.15) is 0 Å². The van der Waals surface area contributed by atoms with Crippen molar-refractivity contribution in [2.45, 2.75) is 58.5 Å². The van der Waals surface area contributed by atoms with E-state index in [0.717, 1.165) is 37.5 Å². The van der Waals surface area contributed by atoms with Crippen molar-refractivity contribution < 1.29 is 10.0 Å². The fourth-order valence-corrected chi connectivity index (χ4v) is 4.58. The minimum absolute atomic E-state index is 0.450. The summed E-state index contributed by atoms with van der Waals surface area (Å²) in [4.78, 5) is 13.7. The SMILES string of the molecule is Cc1nn(CC2CC2)c(C)c1CCN1CCCC1c1ccc(/C=C/C(=O)NO)cc1. The number of amides is 1. The molecule has 4 rings (SSSR count). The van der Waals surface area contributed by atoms with Crippen LogP contribution in [0, 0.1) is 19.8 Å². The van der Waals surface area contributed by atoms with Gasteiger partial charge in [-0.05, 0) is 81.2 Å². The van der Waals surface area contributed by atoms with Crippen molar-refractivity contribution in [3.63, 3.8) is 0 Å². The number of hydrogen-bond acceptors (Lipinski definition) is 4. The summed E-state index contributed by atoms with van der Waals surface area (Å²) in [6.45, 7) is 7.65. The number of hydrogen-bond donors (Lipinski definition) is 2. The predicted molar refractivity (Wildman–Crippen MR) is 117 cm³/mol. The van der Waals surface area contributed by atoms with Crippen molar-refractivity contribution >= 4 is 12.0 Å². The topological polar surface area (TPSA) is 70.4 Å². The minimum Gasteiger partial charge on any atom is -0.296 e. The third kappa shape index (κ3) is 4.82. The van der Waals surface area contributed by atoms with Crippen LogP contribution < -0.4 is 5.48 Å². The molecule has 1 aromatic carbocycles. The molecule has 30 heavy (non-hydrogen) atoms. The largest absolute Gasteiger partial charge is 0.296 e. The van der Waals surface area contributed by atoms with Gasteiger partial charge in [0, 0.05) is 30.9 Å². The molecule has 1 atom stereocenters. The standard InChI is InChI=1S/C24H32N4O2/c1-17-22(18(2)28(25-17)16-20-5-6-20)13-15-27-14-3-4-23(27)21-10-7-19(8-11-21)9-12-24(29)26-30/h7-12,20,23,30H,3-6,13-16H2,1-2H3,(H,26,29)/b12-9+. The van der Waals surface area contributed by atoms with Crippen LogP contribution in [-0.2, 0) is 17.8 Å². The van der Waals surface area contributed by atoms with Gasteiger partial charge in [-0.2, -0.15) is 5.10 Å². The lowest BCUT2D eigenvalue weighted by molar-refractivity contribution is -0.124. The monoisotopic (exact) mass is 408 g/mol. The van der Waals surface area contributed by atoms with Gasteiger partial charge < -0.3 is 0 Å². The maximum Gasteiger partial charge on any atom is 0.267 e. The van der Waals surface area contributed by atoms with Gasteiger partial charge in [0.25, 0.3) is 5.91 Å². The highest BCUT2D eigenvalue weighted by atomic mass is 16.5. The zero-order valence-corrected chi connectivity index (χ0v) is 18.0. The van der Waals surface area contributed by atoms with E-state index in [4.69, 9.17) is 10.3 Å². The van der Waals surface area contributed by atoms with E-state index in [-0.39, 0.29) is 0 Å². The summed E-state index contributed by atoms with van der Waals surface area (Å²) >= 11 is 0. The smallest absolute Gasteiger partial charge is 0.267 e. The van der Waals surface area contributed by atoms with Gasteiger partial charge in [-0.15, -0.1) is 0 Å². The number of carbonyl (C=O) groups is 1. The summed E-state index contributed by atoms with van der Waals surface area (Å²) < 4.78 is 2.23. The normalized spacial score (nSPS) is 19.6. The molecule has 1 unspecified atom stereocenters. The maximum absolute atomic E-state index is 11.1. The van der Waals surface area contributed by atoms with E-state index in [0.29, 0.717) is 6.04 Å². The molecule has 1 aliphatic carbocycles. The lowest BCUT2D eigenvalue weighted by atomic mass is 10.0. The molecule has 6 heteroatoms. The summed E-state index contributed by atoms with van der Waals surface area (Å²) in [5.41, 5.74) is 7.83. The molecule has 2 heterocycles. The molecular weight excluding hydrogens is 376 g/mol. The highest BCUT2D eigenvalue weighted by Gasteiger charge is 2.27. The van der Waals surface area contributed by atoms with Gasteiger partial charge in [0.15, 0.2) is 0 Å². The van der Waals surface area contributed by atoms with Crippen LogP contribution in [0.25, 0.3) is 6.08 Å². The van der Waals surface area contributed by atoms with Crippen molar-refractivity contribution in [1.82, 2.24) is 20.2 Å². The number of nitrogens with one attached hydrogen (secondary N) is 1. The average Bonchev–Trinajstić information content (AvgIpc) is 3.38. The van der Waals surface area contributed by atoms with Crippen molar-refractivity contribution in [1.29, 1.82) is 0 Å². The second-order valence-corrected chi connectivity index (χ2v) is 8.69. The number of nitrogens with zero attached hydrogens (tertiary/aromatic N) is 3. The quantitative estimate of drug-likeness (QED) is 0.396. The molecule has 2 N–H and O–H groups in total. The lowest BCUT2D eigenvalue weighted by Crippen LogP contribution is -2.26. The van der Waals surface area contributed by atoms with Crippen LogP contribution in [0.3, 0.4) is 0 Å². The molecule has 0 spiro atoms. The van der Waals surface area contributed by atoms with Crippen molar-refractivity contribution in [2.24, 2.45) is 5.92 Å². The number of rotatable bonds is 8. The van der Waals surface area contributed by atoms with Crippen LogP contribution >= 0.6 is 0 Å². The number of carbonyl (C=O) groups excluding carboxylic acids is 1. The lowest BCUT2D eigenvalue weighted by Gasteiger charge is -2.25. The van der Waals surface area contributed by atoms with Crippen molar-refractivity contribution in [3.05, 3.63) is 58.4 Å². The predicted octanol–water partition coefficient (Wildman–Crippen LogP) is 3.81. The van der Waals surface area contributed by atoms with Crippen LogP contribution in [0.2, 0.25) is 0 Å². The van der Waals surface area contributed by atoms with Crippen LogP contribution in [0.15, 0.2) is 30.3 Å². The van der Waals surface area contributed by atoms with Crippen molar-refractivity contribution in [3.8, 4) is 0 Å². The molecule has 0 bridgehead atoms. The Morgan fingerprint density at radius 1 is 1.23 bits per heavy atom. The van der Waals surface area contributed by atoms with E-state index in [1.807, 2.05) is 12.1 Å². The Labute approximate surface area is 178 Å². The van der Waals surface area contributed by atoms with Crippen LogP contribution in [0.4, 0.5) is 0 Å². The zero-order valence-electron chi connectivity index (χ0n) is 18.0. The Balaban J connectivity index is 1.39. The molecule has 1 aromatic heterocycles. The van der Waals surface area contributed by atoms with E-state index in [9.17, 15) is 4.79 Å². The first-order valence-corrected chi connectivity index (χ1v) is 11.0. The molecule has 2 aromatic rings. The average molecular weight is 409 g/mol. The maximum atomic E-state index is 11.1. The van der Waals surface area contributed by atoms with Gasteiger partial charge in [0.05, 0.1) is 5.69 Å². The van der Waals surface area contributed by atoms with Gasteiger partial charge in [-0.1, -0.05) is 24.3 Å². The number of aryl methyl sites for hydroxylation is 1. The fourth-order valence-electron chi connectivity index (χ4n) is 4.58. The Bertz CT molecular complexity index is 912. The highest BCUT2D eigenvalue weighted by molar-refractivity contribution is 5.90. The van der Waals surface area contributed by atoms with Gasteiger partial charge in [-0.3, -0.25) is 19.6 Å². The van der Waals surface area contributed by atoms with Crippen LogP contribution in [-0.4, -0.2) is 38.9 Å². The Morgan fingerprint density at radius 3 is 2.70 bits per heavy atom. The first kappa shape index (κ1) is 20.8. The van der Waals surface area contributed by atoms with Gasteiger partial charge in [0.2, 0.25) is 0 Å². The van der Waals surface area contributed by atoms with E-state index in [2.05, 4.69) is 35.6 Å². The third-order valence-corrected chi connectivity index (χ3v) is 6.53. The first-order valence-electron chi connectivity index (χ1n) is 11.0. The molecule has 1 amide bonds. The summed E-state index contributed by atoms with van der Waals surface area (Å²) in [6, 6.07) is 8.82. The van der Waals surface area contributed by atoms with E-state index >= 15 is 0 Å². The molecule has 2 aliphatic rings. The molecule has 1 aliphatic heterocycles. The molecule has 6 nitrogen and oxygen atoms in total. The first-order chi connectivity index (χ1) is 14.5. The van der Waals surface area contributed by atoms with E-state index < -0.39 is 5.91 Å². The molecule has 2 fully saturated rings. The zero-order chi connectivity index (χ0) is 21.1. The number of hydroxylamine groups is 1. The Morgan fingerprint density at radius 2 is 2.00 bits per heavy atom. The summed E-state index contributed by atoms with van der Waals surface area (Å²) in [5.74, 6) is 0.321. The molecule has 0 radical (unpaired) electrons. The summed E-state index contributed by atoms with van der Waals surface area (Å²) in [6.07, 6.45) is 9.19. The van der Waals surface area contributed by atoms with Crippen LogP contribution in [0.5, 0.6) is 0 Å². The Kier molecular flexibility index (Phi) is 6.35. The molecule has 1 saturated carbocycles. The second-order valence-electron chi connectivity index (χ2n) is 8.69. The molecular formula is C24H32N4O2. The van der Waals surface area contributed by atoms with E-state index in [1.54, 1.807) is 11.6 Å². The van der Waals surface area contributed by atoms with E-state index in [1.165, 1.54) is 54.3 Å². The summed E-state index contributed by atoms with van der Waals surface area (Å²) in [7, 11) is 0. The highest BCUT2D eigenvalue weighted by Crippen LogP contribution is 2.33. The Hall–Kier alpha value is -2.44. The number of benzene rings is 1. The second kappa shape index (κ2) is 9.14. The number of aromatic nitrogens is 2. The minimum atomic E-state index is -0.521. The van der Waals surface area contributed by atoms with Crippen LogP contribution in [0.1, 0.15) is 59.8 Å². The molecule has 1 saturated heterocycles. The van der Waals surface area contributed by atoms with Gasteiger partial charge >= 0.3 is 0 Å².